The first-order valence-electron chi connectivity index (χ1n) is 9.33. The van der Waals surface area contributed by atoms with Gasteiger partial charge in [-0.3, -0.25) is 4.79 Å². The fraction of sp³-hybridized carbons (Fsp3) is 0.400. The number of piperidine rings is 1. The molecule has 9 heteroatoms. The third-order valence-electron chi connectivity index (χ3n) is 5.43. The topological polar surface area (TPSA) is 52.3 Å². The molecule has 6 nitrogen and oxygen atoms in total. The van der Waals surface area contributed by atoms with E-state index in [2.05, 4.69) is 4.98 Å². The molecule has 1 aliphatic rings. The predicted molar refractivity (Wildman–Crippen MR) is 101 cm³/mol. The molecule has 154 valence electrons. The van der Waals surface area contributed by atoms with Crippen molar-refractivity contribution in [1.29, 1.82) is 0 Å². The van der Waals surface area contributed by atoms with Crippen LogP contribution in [0.4, 0.5) is 13.2 Å². The Morgan fingerprint density at radius 1 is 1.21 bits per heavy atom. The highest BCUT2D eigenvalue weighted by Gasteiger charge is 2.40. The summed E-state index contributed by atoms with van der Waals surface area (Å²) >= 11 is 0. The van der Waals surface area contributed by atoms with Crippen molar-refractivity contribution in [2.75, 3.05) is 20.2 Å². The fourth-order valence-electron chi connectivity index (χ4n) is 3.95. The molecule has 1 saturated heterocycles. The first kappa shape index (κ1) is 19.4. The third-order valence-corrected chi connectivity index (χ3v) is 5.43. The van der Waals surface area contributed by atoms with Gasteiger partial charge in [0.1, 0.15) is 11.4 Å². The van der Waals surface area contributed by atoms with E-state index in [0.717, 1.165) is 0 Å². The van der Waals surface area contributed by atoms with E-state index in [1.54, 1.807) is 47.0 Å². The quantitative estimate of drug-likeness (QED) is 0.663. The average molecular weight is 406 g/mol. The minimum Gasteiger partial charge on any atom is -0.497 e. The molecule has 0 radical (unpaired) electrons. The number of carbonyl (C=O) groups excluding carboxylic acids is 1. The second-order valence-corrected chi connectivity index (χ2v) is 7.19. The number of hydrogen-bond donors (Lipinski definition) is 0. The fourth-order valence-corrected chi connectivity index (χ4v) is 3.95. The summed E-state index contributed by atoms with van der Waals surface area (Å²) in [5.41, 5.74) is 1.24. The van der Waals surface area contributed by atoms with Crippen molar-refractivity contribution < 1.29 is 22.7 Å². The van der Waals surface area contributed by atoms with Crippen LogP contribution in [0.25, 0.3) is 11.0 Å². The minimum atomic E-state index is -4.57. The van der Waals surface area contributed by atoms with E-state index >= 15 is 0 Å². The number of hydrogen-bond acceptors (Lipinski definition) is 3. The van der Waals surface area contributed by atoms with Gasteiger partial charge in [-0.25, -0.2) is 4.98 Å². The van der Waals surface area contributed by atoms with Crippen molar-refractivity contribution in [2.45, 2.75) is 25.1 Å². The van der Waals surface area contributed by atoms with Gasteiger partial charge in [0.05, 0.1) is 18.1 Å². The molecule has 1 aromatic carbocycles. The van der Waals surface area contributed by atoms with Crippen molar-refractivity contribution in [2.24, 2.45) is 7.05 Å². The van der Waals surface area contributed by atoms with E-state index in [1.165, 1.54) is 17.7 Å². The summed E-state index contributed by atoms with van der Waals surface area (Å²) < 4.78 is 49.2. The largest absolute Gasteiger partial charge is 0.497 e. The molecule has 0 saturated carbocycles. The Morgan fingerprint density at radius 3 is 2.52 bits per heavy atom. The average Bonchev–Trinajstić information content (AvgIpc) is 3.30. The number of likely N-dealkylation sites (tertiary alicyclic amines) is 1. The summed E-state index contributed by atoms with van der Waals surface area (Å²) in [5, 5.41) is 0. The summed E-state index contributed by atoms with van der Waals surface area (Å²) in [6.07, 6.45) is -1.92. The van der Waals surface area contributed by atoms with Crippen LogP contribution >= 0.6 is 0 Å². The molecule has 1 fully saturated rings. The Balaban J connectivity index is 1.62. The number of nitrogens with zero attached hydrogens (tertiary/aromatic N) is 4. The van der Waals surface area contributed by atoms with Crippen LogP contribution in [0.3, 0.4) is 0 Å². The number of rotatable bonds is 3. The van der Waals surface area contributed by atoms with Gasteiger partial charge in [-0.15, -0.1) is 0 Å². The van der Waals surface area contributed by atoms with Crippen LogP contribution in [0.15, 0.2) is 36.5 Å². The van der Waals surface area contributed by atoms with Crippen LogP contribution in [0.2, 0.25) is 0 Å². The molecule has 1 aliphatic heterocycles. The van der Waals surface area contributed by atoms with Gasteiger partial charge in [0, 0.05) is 38.4 Å². The Labute approximate surface area is 165 Å². The number of halogens is 3. The van der Waals surface area contributed by atoms with Crippen LogP contribution in [0.5, 0.6) is 5.75 Å². The lowest BCUT2D eigenvalue weighted by atomic mass is 10.0. The number of fused-ring (bicyclic) bond motifs is 1. The standard InChI is InChI=1S/C20H21F3N4O2/c1-25-9-3-4-17(25)18(28)26-10-7-13(8-11-26)27-16-6-5-14(29-2)12-15(16)24-19(27)20(21,22)23/h3-6,9,12-13H,7-8,10-11H2,1-2H3. The number of carbonyl (C=O) groups is 1. The zero-order valence-corrected chi connectivity index (χ0v) is 16.1. The van der Waals surface area contributed by atoms with E-state index in [0.29, 0.717) is 42.9 Å². The molecule has 4 rings (SSSR count). The maximum atomic E-state index is 13.7. The van der Waals surface area contributed by atoms with E-state index in [-0.39, 0.29) is 17.5 Å². The Hall–Kier alpha value is -2.97. The van der Waals surface area contributed by atoms with Gasteiger partial charge < -0.3 is 18.8 Å². The monoisotopic (exact) mass is 406 g/mol. The molecule has 0 unspecified atom stereocenters. The van der Waals surface area contributed by atoms with Gasteiger partial charge in [-0.1, -0.05) is 0 Å². The van der Waals surface area contributed by atoms with Gasteiger partial charge in [0.15, 0.2) is 0 Å². The van der Waals surface area contributed by atoms with Crippen molar-refractivity contribution in [3.63, 3.8) is 0 Å². The highest BCUT2D eigenvalue weighted by molar-refractivity contribution is 5.92. The van der Waals surface area contributed by atoms with E-state index in [9.17, 15) is 18.0 Å². The Kier molecular flexibility index (Phi) is 4.76. The Bertz CT molecular complexity index is 1050. The van der Waals surface area contributed by atoms with E-state index < -0.39 is 12.0 Å². The van der Waals surface area contributed by atoms with Crippen molar-refractivity contribution in [3.05, 3.63) is 48.0 Å². The zero-order chi connectivity index (χ0) is 20.8. The van der Waals surface area contributed by atoms with Crippen molar-refractivity contribution in [1.82, 2.24) is 19.0 Å². The van der Waals surface area contributed by atoms with Gasteiger partial charge in [-0.2, -0.15) is 13.2 Å². The highest BCUT2D eigenvalue weighted by Crippen LogP contribution is 2.37. The summed E-state index contributed by atoms with van der Waals surface area (Å²) in [5.74, 6) is -0.556. The normalized spacial score (nSPS) is 15.8. The van der Waals surface area contributed by atoms with Crippen LogP contribution in [0.1, 0.15) is 35.2 Å². The van der Waals surface area contributed by atoms with Crippen LogP contribution < -0.4 is 4.74 Å². The van der Waals surface area contributed by atoms with Crippen LogP contribution in [-0.4, -0.2) is 45.1 Å². The van der Waals surface area contributed by atoms with Gasteiger partial charge in [0.2, 0.25) is 5.82 Å². The minimum absolute atomic E-state index is 0.104. The van der Waals surface area contributed by atoms with Crippen LogP contribution in [0, 0.1) is 0 Å². The molecule has 1 amide bonds. The molecule has 0 spiro atoms. The molecule has 0 N–H and O–H groups in total. The summed E-state index contributed by atoms with van der Waals surface area (Å²) in [4.78, 5) is 18.2. The third kappa shape index (κ3) is 3.45. The molecule has 0 bridgehead atoms. The zero-order valence-electron chi connectivity index (χ0n) is 16.1. The lowest BCUT2D eigenvalue weighted by Gasteiger charge is -2.33. The summed E-state index contributed by atoms with van der Waals surface area (Å²) in [7, 11) is 3.25. The molecule has 0 aliphatic carbocycles. The van der Waals surface area contributed by atoms with Crippen molar-refractivity contribution >= 4 is 16.9 Å². The first-order valence-corrected chi connectivity index (χ1v) is 9.33. The second kappa shape index (κ2) is 7.13. The predicted octanol–water partition coefficient (Wildman–Crippen LogP) is 3.88. The molecule has 3 aromatic rings. The second-order valence-electron chi connectivity index (χ2n) is 7.19. The number of imidazole rings is 1. The number of aromatic nitrogens is 3. The molecule has 0 atom stereocenters. The maximum absolute atomic E-state index is 13.7. The number of amides is 1. The highest BCUT2D eigenvalue weighted by atomic mass is 19.4. The Morgan fingerprint density at radius 2 is 1.93 bits per heavy atom. The lowest BCUT2D eigenvalue weighted by molar-refractivity contribution is -0.147. The molecule has 3 heterocycles. The first-order chi connectivity index (χ1) is 13.8. The SMILES string of the molecule is COc1ccc2c(c1)nc(C(F)(F)F)n2C1CCN(C(=O)c2cccn2C)CC1. The molecule has 2 aromatic heterocycles. The van der Waals surface area contributed by atoms with Gasteiger partial charge >= 0.3 is 6.18 Å². The molecular formula is C20H21F3N4O2. The van der Waals surface area contributed by atoms with E-state index in [4.69, 9.17) is 4.74 Å². The van der Waals surface area contributed by atoms with Gasteiger partial charge in [-0.05, 0) is 37.1 Å². The van der Waals surface area contributed by atoms with Crippen LogP contribution in [-0.2, 0) is 13.2 Å². The number of benzene rings is 1. The van der Waals surface area contributed by atoms with E-state index in [1.807, 2.05) is 0 Å². The number of alkyl halides is 3. The number of methoxy groups -OCH3 is 1. The number of ether oxygens (including phenoxy) is 1. The lowest BCUT2D eigenvalue weighted by Crippen LogP contribution is -2.40. The number of aryl methyl sites for hydroxylation is 1. The summed E-state index contributed by atoms with van der Waals surface area (Å²) in [6.45, 7) is 0.781. The van der Waals surface area contributed by atoms with Crippen molar-refractivity contribution in [3.8, 4) is 5.75 Å². The summed E-state index contributed by atoms with van der Waals surface area (Å²) in [6, 6.07) is 7.90. The molecule has 29 heavy (non-hydrogen) atoms. The molecular weight excluding hydrogens is 385 g/mol. The smallest absolute Gasteiger partial charge is 0.449 e. The van der Waals surface area contributed by atoms with Gasteiger partial charge in [0.25, 0.3) is 5.91 Å². The maximum Gasteiger partial charge on any atom is 0.449 e.